The van der Waals surface area contributed by atoms with Crippen LogP contribution in [0, 0.1) is 5.82 Å². The van der Waals surface area contributed by atoms with Crippen molar-refractivity contribution in [2.24, 2.45) is 0 Å². The summed E-state index contributed by atoms with van der Waals surface area (Å²) < 4.78 is 41.5. The molecule has 1 aromatic heterocycles. The lowest BCUT2D eigenvalue weighted by Crippen LogP contribution is -2.51. The van der Waals surface area contributed by atoms with Gasteiger partial charge in [0.05, 0.1) is 22.5 Å². The number of carbonyl (C=O) groups is 1. The second-order valence-electron chi connectivity index (χ2n) is 7.21. The molecule has 0 atom stereocenters. The van der Waals surface area contributed by atoms with Crippen LogP contribution in [-0.2, 0) is 14.8 Å². The lowest BCUT2D eigenvalue weighted by Gasteiger charge is -2.34. The number of imidazole rings is 1. The smallest absolute Gasteiger partial charge is 0.243 e. The summed E-state index contributed by atoms with van der Waals surface area (Å²) in [4.78, 5) is 18.7. The van der Waals surface area contributed by atoms with Gasteiger partial charge < -0.3 is 10.7 Å². The summed E-state index contributed by atoms with van der Waals surface area (Å²) >= 11 is 1.23. The maximum Gasteiger partial charge on any atom is 0.243 e. The van der Waals surface area contributed by atoms with Gasteiger partial charge in [-0.1, -0.05) is 48.2 Å². The molecule has 11 heteroatoms. The second kappa shape index (κ2) is 9.31. The number of aromatic nitrogens is 2. The maximum atomic E-state index is 13.4. The fourth-order valence-electron chi connectivity index (χ4n) is 3.40. The van der Waals surface area contributed by atoms with Crippen molar-refractivity contribution in [1.82, 2.24) is 18.9 Å². The Morgan fingerprint density at radius 2 is 1.78 bits per heavy atom. The predicted octanol–water partition coefficient (Wildman–Crippen LogP) is 2.03. The number of thioether (sulfide) groups is 1. The highest BCUT2D eigenvalue weighted by Crippen LogP contribution is 2.23. The minimum atomic E-state index is -3.80. The number of sulfonamides is 1. The largest absolute Gasteiger partial charge is 0.339 e. The van der Waals surface area contributed by atoms with Crippen molar-refractivity contribution in [1.29, 1.82) is 0 Å². The van der Waals surface area contributed by atoms with Gasteiger partial charge in [-0.05, 0) is 18.2 Å². The van der Waals surface area contributed by atoms with Crippen LogP contribution in [0.25, 0.3) is 11.3 Å². The zero-order chi connectivity index (χ0) is 22.7. The molecule has 0 radical (unpaired) electrons. The van der Waals surface area contributed by atoms with Gasteiger partial charge in [-0.2, -0.15) is 4.31 Å². The van der Waals surface area contributed by atoms with Crippen LogP contribution in [-0.4, -0.2) is 65.1 Å². The molecule has 0 saturated carbocycles. The molecule has 0 unspecified atom stereocenters. The molecule has 8 nitrogen and oxygen atoms in total. The molecule has 1 aliphatic rings. The zero-order valence-electron chi connectivity index (χ0n) is 17.1. The highest BCUT2D eigenvalue weighted by Gasteiger charge is 2.30. The van der Waals surface area contributed by atoms with Gasteiger partial charge in [-0.15, -0.1) is 0 Å². The first-order valence-corrected chi connectivity index (χ1v) is 12.3. The van der Waals surface area contributed by atoms with E-state index in [1.165, 1.54) is 38.9 Å². The van der Waals surface area contributed by atoms with Crippen molar-refractivity contribution < 1.29 is 17.6 Å². The quantitative estimate of drug-likeness (QED) is 0.432. The third kappa shape index (κ3) is 4.79. The minimum Gasteiger partial charge on any atom is -0.339 e. The number of rotatable bonds is 6. The average molecular weight is 476 g/mol. The Labute approximate surface area is 189 Å². The highest BCUT2D eigenvalue weighted by molar-refractivity contribution is 7.99. The number of halogens is 1. The standard InChI is InChI=1S/C21H22FN5O3S2/c22-17-7-4-8-18(13-17)32(29,30)26-11-9-25(10-12-26)20(28)15-31-21-24-19(14-27(21)23)16-5-2-1-3-6-16/h1-8,13-14H,9-12,15,23H2. The van der Waals surface area contributed by atoms with Crippen molar-refractivity contribution in [3.63, 3.8) is 0 Å². The lowest BCUT2D eigenvalue weighted by atomic mass is 10.2. The molecule has 1 amide bonds. The third-order valence-corrected chi connectivity index (χ3v) is 7.96. The number of nitrogens with zero attached hydrogens (tertiary/aromatic N) is 4. The van der Waals surface area contributed by atoms with Crippen molar-refractivity contribution in [2.75, 3.05) is 37.8 Å². The summed E-state index contributed by atoms with van der Waals surface area (Å²) in [5, 5.41) is 0.518. The number of hydrogen-bond acceptors (Lipinski definition) is 6. The Morgan fingerprint density at radius 3 is 2.47 bits per heavy atom. The summed E-state index contributed by atoms with van der Waals surface area (Å²) in [5.74, 6) is 5.39. The predicted molar refractivity (Wildman–Crippen MR) is 120 cm³/mol. The van der Waals surface area contributed by atoms with Gasteiger partial charge in [0.1, 0.15) is 5.82 Å². The number of nitrogen functional groups attached to an aromatic ring is 1. The van der Waals surface area contributed by atoms with E-state index in [0.29, 0.717) is 5.16 Å². The second-order valence-corrected chi connectivity index (χ2v) is 10.1. The molecule has 2 heterocycles. The summed E-state index contributed by atoms with van der Waals surface area (Å²) in [6.45, 7) is 0.832. The van der Waals surface area contributed by atoms with Crippen molar-refractivity contribution in [3.8, 4) is 11.3 Å². The monoisotopic (exact) mass is 475 g/mol. The first-order valence-electron chi connectivity index (χ1n) is 9.91. The van der Waals surface area contributed by atoms with E-state index in [9.17, 15) is 17.6 Å². The average Bonchev–Trinajstić information content (AvgIpc) is 3.18. The number of hydrogen-bond donors (Lipinski definition) is 1. The fourth-order valence-corrected chi connectivity index (χ4v) is 5.66. The first kappa shape index (κ1) is 22.3. The van der Waals surface area contributed by atoms with Crippen LogP contribution >= 0.6 is 11.8 Å². The van der Waals surface area contributed by atoms with Gasteiger partial charge in [0.25, 0.3) is 0 Å². The Bertz CT molecular complexity index is 1210. The third-order valence-electron chi connectivity index (χ3n) is 5.12. The Kier molecular flexibility index (Phi) is 6.49. The molecule has 4 rings (SSSR count). The maximum absolute atomic E-state index is 13.4. The van der Waals surface area contributed by atoms with Crippen LogP contribution in [0.2, 0.25) is 0 Å². The van der Waals surface area contributed by atoms with Gasteiger partial charge in [0.2, 0.25) is 15.9 Å². The summed E-state index contributed by atoms with van der Waals surface area (Å²) in [7, 11) is -3.80. The van der Waals surface area contributed by atoms with E-state index in [1.807, 2.05) is 30.3 Å². The zero-order valence-corrected chi connectivity index (χ0v) is 18.7. The normalized spacial score (nSPS) is 15.1. The molecule has 0 aliphatic carbocycles. The molecule has 2 aromatic carbocycles. The van der Waals surface area contributed by atoms with Gasteiger partial charge in [0, 0.05) is 31.7 Å². The van der Waals surface area contributed by atoms with Crippen LogP contribution in [0.4, 0.5) is 4.39 Å². The molecule has 32 heavy (non-hydrogen) atoms. The minimum absolute atomic E-state index is 0.0863. The molecular formula is C21H22FN5O3S2. The summed E-state index contributed by atoms with van der Waals surface area (Å²) in [6, 6.07) is 14.5. The number of piperazine rings is 1. The molecule has 168 valence electrons. The number of nitrogens with two attached hydrogens (primary N) is 1. The molecule has 1 aliphatic heterocycles. The highest BCUT2D eigenvalue weighted by atomic mass is 32.2. The number of amides is 1. The van der Waals surface area contributed by atoms with E-state index in [1.54, 1.807) is 11.1 Å². The van der Waals surface area contributed by atoms with Gasteiger partial charge >= 0.3 is 0 Å². The number of carbonyl (C=O) groups excluding carboxylic acids is 1. The molecular weight excluding hydrogens is 453 g/mol. The van der Waals surface area contributed by atoms with Crippen LogP contribution in [0.15, 0.2) is 70.8 Å². The molecule has 1 saturated heterocycles. The van der Waals surface area contributed by atoms with Crippen LogP contribution in [0.1, 0.15) is 0 Å². The Morgan fingerprint density at radius 1 is 1.06 bits per heavy atom. The van der Waals surface area contributed by atoms with Gasteiger partial charge in [0.15, 0.2) is 5.16 Å². The van der Waals surface area contributed by atoms with E-state index in [0.717, 1.165) is 17.3 Å². The Balaban J connectivity index is 1.33. The SMILES string of the molecule is Nn1cc(-c2ccccc2)nc1SCC(=O)N1CCN(S(=O)(=O)c2cccc(F)c2)CC1. The molecule has 2 N–H and O–H groups in total. The van der Waals surface area contributed by atoms with Gasteiger partial charge in [-0.3, -0.25) is 4.79 Å². The first-order chi connectivity index (χ1) is 15.3. The summed E-state index contributed by atoms with van der Waals surface area (Å²) in [5.41, 5.74) is 1.65. The number of benzene rings is 2. The van der Waals surface area contributed by atoms with E-state index < -0.39 is 15.8 Å². The van der Waals surface area contributed by atoms with E-state index in [2.05, 4.69) is 4.98 Å². The lowest BCUT2D eigenvalue weighted by molar-refractivity contribution is -0.129. The van der Waals surface area contributed by atoms with Crippen molar-refractivity contribution in [2.45, 2.75) is 10.1 Å². The van der Waals surface area contributed by atoms with Gasteiger partial charge in [-0.25, -0.2) is 22.5 Å². The van der Waals surface area contributed by atoms with Crippen molar-refractivity contribution in [3.05, 3.63) is 66.6 Å². The Hall–Kier alpha value is -2.89. The van der Waals surface area contributed by atoms with Crippen LogP contribution in [0.3, 0.4) is 0 Å². The summed E-state index contributed by atoms with van der Waals surface area (Å²) in [6.07, 6.45) is 1.71. The van der Waals surface area contributed by atoms with Crippen LogP contribution in [0.5, 0.6) is 0 Å². The molecule has 1 fully saturated rings. The molecule has 0 spiro atoms. The van der Waals surface area contributed by atoms with Crippen molar-refractivity contribution >= 4 is 27.7 Å². The van der Waals surface area contributed by atoms with Crippen LogP contribution < -0.4 is 5.84 Å². The molecule has 0 bridgehead atoms. The van der Waals surface area contributed by atoms with E-state index >= 15 is 0 Å². The molecule has 3 aromatic rings. The van der Waals surface area contributed by atoms with E-state index in [4.69, 9.17) is 5.84 Å². The topological polar surface area (TPSA) is 102 Å². The fraction of sp³-hybridized carbons (Fsp3) is 0.238. The van der Waals surface area contributed by atoms with E-state index in [-0.39, 0.29) is 42.7 Å².